The Labute approximate surface area is 132 Å². The highest BCUT2D eigenvalue weighted by molar-refractivity contribution is 5.64. The summed E-state index contributed by atoms with van der Waals surface area (Å²) in [5.74, 6) is 0.559. The van der Waals surface area contributed by atoms with Gasteiger partial charge in [-0.1, -0.05) is 31.5 Å². The molecule has 22 heavy (non-hydrogen) atoms. The fraction of sp³-hybridized carbons (Fsp3) is 0.444. The van der Waals surface area contributed by atoms with E-state index in [1.807, 2.05) is 6.07 Å². The van der Waals surface area contributed by atoms with Gasteiger partial charge in [-0.15, -0.1) is 0 Å². The standard InChI is InChI=1S/C18H25N3O/c1-12(2)10-19-11-15-9-17(20-21(5)18(15)22)16-8-13(3)6-7-14(16)4/h6-9,12,19H,10-11H2,1-5H3. The molecular weight excluding hydrogens is 274 g/mol. The minimum Gasteiger partial charge on any atom is -0.312 e. The highest BCUT2D eigenvalue weighted by atomic mass is 16.1. The average Bonchev–Trinajstić information content (AvgIpc) is 2.45. The summed E-state index contributed by atoms with van der Waals surface area (Å²) in [7, 11) is 1.71. The van der Waals surface area contributed by atoms with E-state index in [9.17, 15) is 4.79 Å². The number of rotatable bonds is 5. The van der Waals surface area contributed by atoms with E-state index in [0.29, 0.717) is 12.5 Å². The van der Waals surface area contributed by atoms with E-state index in [-0.39, 0.29) is 5.56 Å². The van der Waals surface area contributed by atoms with Crippen molar-refractivity contribution in [2.24, 2.45) is 13.0 Å². The van der Waals surface area contributed by atoms with Crippen LogP contribution in [0.25, 0.3) is 11.3 Å². The van der Waals surface area contributed by atoms with E-state index in [4.69, 9.17) is 0 Å². The number of hydrogen-bond acceptors (Lipinski definition) is 3. The summed E-state index contributed by atoms with van der Waals surface area (Å²) in [6.07, 6.45) is 0. The van der Waals surface area contributed by atoms with Crippen molar-refractivity contribution in [3.8, 4) is 11.3 Å². The van der Waals surface area contributed by atoms with Crippen molar-refractivity contribution in [3.63, 3.8) is 0 Å². The van der Waals surface area contributed by atoms with Gasteiger partial charge in [-0.05, 0) is 44.0 Å². The lowest BCUT2D eigenvalue weighted by Crippen LogP contribution is -2.29. The lowest BCUT2D eigenvalue weighted by molar-refractivity contribution is 0.547. The van der Waals surface area contributed by atoms with Crippen LogP contribution < -0.4 is 10.9 Å². The second-order valence-electron chi connectivity index (χ2n) is 6.33. The number of nitrogens with one attached hydrogen (secondary N) is 1. The molecule has 0 aliphatic rings. The zero-order chi connectivity index (χ0) is 16.3. The number of hydrogen-bond donors (Lipinski definition) is 1. The molecule has 0 fully saturated rings. The molecule has 1 aromatic heterocycles. The minimum atomic E-state index is -0.0367. The summed E-state index contributed by atoms with van der Waals surface area (Å²) in [6.45, 7) is 9.90. The molecule has 4 heteroatoms. The molecule has 0 unspecified atom stereocenters. The van der Waals surface area contributed by atoms with Crippen LogP contribution in [-0.4, -0.2) is 16.3 Å². The zero-order valence-corrected chi connectivity index (χ0v) is 14.1. The molecule has 0 bridgehead atoms. The summed E-state index contributed by atoms with van der Waals surface area (Å²) < 4.78 is 1.43. The maximum Gasteiger partial charge on any atom is 0.271 e. The SMILES string of the molecule is Cc1ccc(C)c(-c2cc(CNCC(C)C)c(=O)n(C)n2)c1. The average molecular weight is 299 g/mol. The molecular formula is C18H25N3O. The van der Waals surface area contributed by atoms with Crippen molar-refractivity contribution in [1.29, 1.82) is 0 Å². The zero-order valence-electron chi connectivity index (χ0n) is 14.1. The first-order chi connectivity index (χ1) is 10.4. The predicted molar refractivity (Wildman–Crippen MR) is 90.9 cm³/mol. The van der Waals surface area contributed by atoms with Crippen LogP contribution in [-0.2, 0) is 13.6 Å². The smallest absolute Gasteiger partial charge is 0.271 e. The Hall–Kier alpha value is -1.94. The van der Waals surface area contributed by atoms with Gasteiger partial charge in [0.05, 0.1) is 5.69 Å². The van der Waals surface area contributed by atoms with Crippen molar-refractivity contribution in [2.75, 3.05) is 6.54 Å². The van der Waals surface area contributed by atoms with E-state index in [1.165, 1.54) is 10.2 Å². The molecule has 1 N–H and O–H groups in total. The summed E-state index contributed by atoms with van der Waals surface area (Å²) in [6, 6.07) is 8.21. The molecule has 1 aromatic carbocycles. The van der Waals surface area contributed by atoms with E-state index in [2.05, 4.69) is 56.3 Å². The number of aromatic nitrogens is 2. The lowest BCUT2D eigenvalue weighted by Gasteiger charge is -2.11. The van der Waals surface area contributed by atoms with Gasteiger partial charge in [0.2, 0.25) is 0 Å². The van der Waals surface area contributed by atoms with Gasteiger partial charge in [-0.2, -0.15) is 5.10 Å². The third-order valence-electron chi connectivity index (χ3n) is 3.67. The fourth-order valence-electron chi connectivity index (χ4n) is 2.44. The molecule has 0 amide bonds. The third-order valence-corrected chi connectivity index (χ3v) is 3.67. The predicted octanol–water partition coefficient (Wildman–Crippen LogP) is 2.81. The first-order valence-electron chi connectivity index (χ1n) is 7.74. The summed E-state index contributed by atoms with van der Waals surface area (Å²) >= 11 is 0. The lowest BCUT2D eigenvalue weighted by atomic mass is 10.0. The first-order valence-corrected chi connectivity index (χ1v) is 7.74. The van der Waals surface area contributed by atoms with E-state index >= 15 is 0 Å². The molecule has 0 spiro atoms. The van der Waals surface area contributed by atoms with Crippen molar-refractivity contribution in [3.05, 3.63) is 51.3 Å². The van der Waals surface area contributed by atoms with Crippen molar-refractivity contribution in [1.82, 2.24) is 15.1 Å². The topological polar surface area (TPSA) is 46.9 Å². The van der Waals surface area contributed by atoms with Gasteiger partial charge in [0, 0.05) is 24.7 Å². The monoisotopic (exact) mass is 299 g/mol. The van der Waals surface area contributed by atoms with Crippen LogP contribution in [0, 0.1) is 19.8 Å². The van der Waals surface area contributed by atoms with Gasteiger partial charge in [0.25, 0.3) is 5.56 Å². The largest absolute Gasteiger partial charge is 0.312 e. The number of aryl methyl sites for hydroxylation is 3. The molecule has 0 saturated heterocycles. The number of nitrogens with zero attached hydrogens (tertiary/aromatic N) is 2. The van der Waals surface area contributed by atoms with Crippen molar-refractivity contribution < 1.29 is 0 Å². The second kappa shape index (κ2) is 6.88. The van der Waals surface area contributed by atoms with E-state index in [1.54, 1.807) is 7.05 Å². The molecule has 2 rings (SSSR count). The Morgan fingerprint density at radius 3 is 2.64 bits per heavy atom. The highest BCUT2D eigenvalue weighted by Crippen LogP contribution is 2.22. The van der Waals surface area contributed by atoms with Crippen LogP contribution in [0.4, 0.5) is 0 Å². The molecule has 0 radical (unpaired) electrons. The van der Waals surface area contributed by atoms with Gasteiger partial charge in [0.15, 0.2) is 0 Å². The van der Waals surface area contributed by atoms with Crippen LogP contribution in [0.5, 0.6) is 0 Å². The minimum absolute atomic E-state index is 0.0367. The maximum atomic E-state index is 12.2. The normalized spacial score (nSPS) is 11.2. The maximum absolute atomic E-state index is 12.2. The van der Waals surface area contributed by atoms with E-state index < -0.39 is 0 Å². The molecule has 0 atom stereocenters. The van der Waals surface area contributed by atoms with Gasteiger partial charge in [-0.3, -0.25) is 4.79 Å². The molecule has 4 nitrogen and oxygen atoms in total. The van der Waals surface area contributed by atoms with Gasteiger partial charge < -0.3 is 5.32 Å². The van der Waals surface area contributed by atoms with Crippen LogP contribution in [0.1, 0.15) is 30.5 Å². The van der Waals surface area contributed by atoms with Gasteiger partial charge in [0.1, 0.15) is 0 Å². The Morgan fingerprint density at radius 1 is 1.23 bits per heavy atom. The van der Waals surface area contributed by atoms with Gasteiger partial charge in [-0.25, -0.2) is 4.68 Å². The Bertz CT molecular complexity index is 717. The van der Waals surface area contributed by atoms with Crippen LogP contribution in [0.15, 0.2) is 29.1 Å². The highest BCUT2D eigenvalue weighted by Gasteiger charge is 2.10. The molecule has 2 aromatic rings. The third kappa shape index (κ3) is 3.83. The van der Waals surface area contributed by atoms with Crippen molar-refractivity contribution in [2.45, 2.75) is 34.2 Å². The molecule has 1 heterocycles. The molecule has 0 aliphatic carbocycles. The van der Waals surface area contributed by atoms with Crippen LogP contribution >= 0.6 is 0 Å². The molecule has 0 aliphatic heterocycles. The Balaban J connectivity index is 2.39. The van der Waals surface area contributed by atoms with Crippen LogP contribution in [0.2, 0.25) is 0 Å². The van der Waals surface area contributed by atoms with E-state index in [0.717, 1.165) is 28.9 Å². The van der Waals surface area contributed by atoms with Crippen molar-refractivity contribution >= 4 is 0 Å². The number of benzene rings is 1. The Morgan fingerprint density at radius 2 is 1.95 bits per heavy atom. The van der Waals surface area contributed by atoms with Gasteiger partial charge >= 0.3 is 0 Å². The second-order valence-corrected chi connectivity index (χ2v) is 6.33. The van der Waals surface area contributed by atoms with Crippen LogP contribution in [0.3, 0.4) is 0 Å². The summed E-state index contributed by atoms with van der Waals surface area (Å²) in [5.41, 5.74) is 5.01. The summed E-state index contributed by atoms with van der Waals surface area (Å²) in [5, 5.41) is 7.76. The fourth-order valence-corrected chi connectivity index (χ4v) is 2.44. The quantitative estimate of drug-likeness (QED) is 0.923. The first kappa shape index (κ1) is 16.4. The Kier molecular flexibility index (Phi) is 5.14. The molecule has 0 saturated carbocycles. The summed E-state index contributed by atoms with van der Waals surface area (Å²) in [4.78, 5) is 12.2. The molecule has 118 valence electrons.